The van der Waals surface area contributed by atoms with Crippen LogP contribution >= 0.6 is 0 Å². The van der Waals surface area contributed by atoms with Gasteiger partial charge in [0.25, 0.3) is 5.56 Å². The number of hydrogen-bond donors (Lipinski definition) is 0. The summed E-state index contributed by atoms with van der Waals surface area (Å²) in [5.41, 5.74) is 1.32. The molecule has 0 N–H and O–H groups in total. The van der Waals surface area contributed by atoms with Crippen molar-refractivity contribution in [1.82, 2.24) is 14.7 Å². The Morgan fingerprint density at radius 3 is 2.86 bits per heavy atom. The van der Waals surface area contributed by atoms with Gasteiger partial charge in [-0.1, -0.05) is 13.3 Å². The number of aromatic nitrogens is 3. The van der Waals surface area contributed by atoms with Crippen LogP contribution in [-0.2, 0) is 0 Å². The Morgan fingerprint density at radius 1 is 1.27 bits per heavy atom. The lowest BCUT2D eigenvalue weighted by molar-refractivity contribution is 0.108. The number of rotatable bonds is 5. The lowest BCUT2D eigenvalue weighted by Crippen LogP contribution is -2.33. The van der Waals surface area contributed by atoms with Gasteiger partial charge in [0.1, 0.15) is 12.9 Å². The molecule has 3 rings (SSSR count). The van der Waals surface area contributed by atoms with E-state index in [4.69, 9.17) is 4.84 Å². The molecule has 2 aromatic rings. The zero-order valence-electron chi connectivity index (χ0n) is 13.0. The van der Waals surface area contributed by atoms with E-state index in [0.29, 0.717) is 12.3 Å². The van der Waals surface area contributed by atoms with Crippen molar-refractivity contribution in [3.63, 3.8) is 0 Å². The van der Waals surface area contributed by atoms with E-state index in [1.165, 1.54) is 17.5 Å². The summed E-state index contributed by atoms with van der Waals surface area (Å²) < 4.78 is 1.31. The van der Waals surface area contributed by atoms with Crippen LogP contribution in [0, 0.1) is 0 Å². The summed E-state index contributed by atoms with van der Waals surface area (Å²) in [5.74, 6) is 0. The topological polar surface area (TPSA) is 60.2 Å². The Labute approximate surface area is 129 Å². The largest absolute Gasteiger partial charge is 0.409 e. The zero-order chi connectivity index (χ0) is 15.4. The van der Waals surface area contributed by atoms with Crippen LogP contribution in [0.25, 0.3) is 11.0 Å². The molecule has 1 aliphatic heterocycles. The summed E-state index contributed by atoms with van der Waals surface area (Å²) >= 11 is 0. The summed E-state index contributed by atoms with van der Waals surface area (Å²) in [6.07, 6.45) is 8.73. The minimum absolute atomic E-state index is 0.164. The van der Waals surface area contributed by atoms with E-state index in [-0.39, 0.29) is 5.56 Å². The fourth-order valence-corrected chi connectivity index (χ4v) is 2.84. The quantitative estimate of drug-likeness (QED) is 0.791. The number of fused-ring (bicyclic) bond motifs is 1. The van der Waals surface area contributed by atoms with Crippen molar-refractivity contribution in [1.29, 1.82) is 0 Å². The highest BCUT2D eigenvalue weighted by Gasteiger charge is 2.18. The molecule has 0 aliphatic carbocycles. The van der Waals surface area contributed by atoms with Crippen LogP contribution in [0.2, 0.25) is 0 Å². The third kappa shape index (κ3) is 2.91. The second kappa shape index (κ2) is 6.77. The molecular formula is C16H22N4O2. The molecule has 6 heteroatoms. The third-order valence-corrected chi connectivity index (χ3v) is 4.03. The second-order valence-electron chi connectivity index (χ2n) is 5.66. The molecule has 1 saturated heterocycles. The first kappa shape index (κ1) is 14.8. The number of unbranched alkanes of at least 4 members (excludes halogenated alkanes) is 1. The van der Waals surface area contributed by atoms with Gasteiger partial charge in [-0.15, -0.1) is 4.73 Å². The summed E-state index contributed by atoms with van der Waals surface area (Å²) in [5, 5.41) is 0.875. The van der Waals surface area contributed by atoms with E-state index < -0.39 is 0 Å². The number of pyridine rings is 1. The molecule has 0 atom stereocenters. The predicted octanol–water partition coefficient (Wildman–Crippen LogP) is 2.01. The number of anilines is 1. The lowest BCUT2D eigenvalue weighted by atomic mass is 10.1. The van der Waals surface area contributed by atoms with Gasteiger partial charge in [0.15, 0.2) is 5.65 Å². The zero-order valence-corrected chi connectivity index (χ0v) is 13.0. The molecule has 3 heterocycles. The normalized spacial score (nSPS) is 15.2. The van der Waals surface area contributed by atoms with E-state index in [9.17, 15) is 4.79 Å². The summed E-state index contributed by atoms with van der Waals surface area (Å²) in [6, 6.07) is 1.66. The smallest absolute Gasteiger partial charge is 0.287 e. The maximum atomic E-state index is 12.4. The predicted molar refractivity (Wildman–Crippen MR) is 86.2 cm³/mol. The van der Waals surface area contributed by atoms with Crippen molar-refractivity contribution in [2.24, 2.45) is 0 Å². The number of nitrogens with zero attached hydrogens (tertiary/aromatic N) is 4. The van der Waals surface area contributed by atoms with Crippen LogP contribution in [0.1, 0.15) is 39.0 Å². The molecule has 22 heavy (non-hydrogen) atoms. The van der Waals surface area contributed by atoms with Gasteiger partial charge >= 0.3 is 0 Å². The highest BCUT2D eigenvalue weighted by Crippen LogP contribution is 2.25. The van der Waals surface area contributed by atoms with Crippen molar-refractivity contribution in [3.8, 4) is 0 Å². The van der Waals surface area contributed by atoms with Crippen molar-refractivity contribution in [2.75, 3.05) is 24.6 Å². The molecule has 1 fully saturated rings. The lowest BCUT2D eigenvalue weighted by Gasteiger charge is -2.29. The molecule has 118 valence electrons. The first-order chi connectivity index (χ1) is 10.8. The van der Waals surface area contributed by atoms with Crippen molar-refractivity contribution in [3.05, 3.63) is 28.9 Å². The van der Waals surface area contributed by atoms with Gasteiger partial charge in [0.05, 0.1) is 11.1 Å². The maximum Gasteiger partial charge on any atom is 0.287 e. The average Bonchev–Trinajstić information content (AvgIpc) is 2.57. The van der Waals surface area contributed by atoms with E-state index in [1.807, 2.05) is 0 Å². The number of hydrogen-bond acceptors (Lipinski definition) is 5. The minimum atomic E-state index is -0.164. The van der Waals surface area contributed by atoms with Gasteiger partial charge in [-0.25, -0.2) is 9.97 Å². The van der Waals surface area contributed by atoms with Crippen LogP contribution in [0.4, 0.5) is 5.69 Å². The summed E-state index contributed by atoms with van der Waals surface area (Å²) in [7, 11) is 0. The van der Waals surface area contributed by atoms with Crippen molar-refractivity contribution >= 4 is 16.7 Å². The highest BCUT2D eigenvalue weighted by atomic mass is 16.7. The Balaban J connectivity index is 2.04. The van der Waals surface area contributed by atoms with Gasteiger partial charge in [0, 0.05) is 25.4 Å². The van der Waals surface area contributed by atoms with Crippen LogP contribution < -0.4 is 15.3 Å². The molecule has 6 nitrogen and oxygen atoms in total. The molecule has 0 spiro atoms. The minimum Gasteiger partial charge on any atom is -0.409 e. The van der Waals surface area contributed by atoms with Crippen LogP contribution in [0.3, 0.4) is 0 Å². The Kier molecular flexibility index (Phi) is 4.56. The maximum absolute atomic E-state index is 12.4. The monoisotopic (exact) mass is 302 g/mol. The van der Waals surface area contributed by atoms with Crippen molar-refractivity contribution in [2.45, 2.75) is 39.0 Å². The molecule has 1 aliphatic rings. The summed E-state index contributed by atoms with van der Waals surface area (Å²) in [4.78, 5) is 28.7. The van der Waals surface area contributed by atoms with E-state index >= 15 is 0 Å². The Morgan fingerprint density at radius 2 is 2.09 bits per heavy atom. The standard InChI is InChI=1S/C16H22N4O2/c1-2-3-9-22-20-15(21)10-14(19-7-5-4-6-8-19)13-11-17-12-18-16(13)20/h10-12H,2-9H2,1H3. The first-order valence-corrected chi connectivity index (χ1v) is 8.05. The second-order valence-corrected chi connectivity index (χ2v) is 5.66. The van der Waals surface area contributed by atoms with Crippen LogP contribution in [0.15, 0.2) is 23.4 Å². The molecule has 2 aromatic heterocycles. The highest BCUT2D eigenvalue weighted by molar-refractivity contribution is 5.88. The van der Waals surface area contributed by atoms with E-state index in [1.54, 1.807) is 12.3 Å². The molecule has 0 unspecified atom stereocenters. The fourth-order valence-electron chi connectivity index (χ4n) is 2.84. The Hall–Kier alpha value is -2.11. The average molecular weight is 302 g/mol. The van der Waals surface area contributed by atoms with E-state index in [0.717, 1.165) is 49.8 Å². The van der Waals surface area contributed by atoms with Gasteiger partial charge in [-0.2, -0.15) is 0 Å². The third-order valence-electron chi connectivity index (χ3n) is 4.03. The SMILES string of the molecule is CCCCOn1c(=O)cc(N2CCCCC2)c2cncnc21. The fraction of sp³-hybridized carbons (Fsp3) is 0.562. The van der Waals surface area contributed by atoms with Gasteiger partial charge in [0.2, 0.25) is 0 Å². The molecule has 0 bridgehead atoms. The first-order valence-electron chi connectivity index (χ1n) is 8.05. The van der Waals surface area contributed by atoms with Crippen LogP contribution in [-0.4, -0.2) is 34.4 Å². The van der Waals surface area contributed by atoms with Gasteiger partial charge in [-0.05, 0) is 25.7 Å². The number of piperidine rings is 1. The van der Waals surface area contributed by atoms with E-state index in [2.05, 4.69) is 21.8 Å². The summed E-state index contributed by atoms with van der Waals surface area (Å²) in [6.45, 7) is 4.55. The molecular weight excluding hydrogens is 280 g/mol. The molecule has 0 radical (unpaired) electrons. The van der Waals surface area contributed by atoms with Crippen LogP contribution in [0.5, 0.6) is 0 Å². The molecule has 0 aromatic carbocycles. The molecule has 0 saturated carbocycles. The Bertz CT molecular complexity index is 692. The van der Waals surface area contributed by atoms with Gasteiger partial charge in [-0.3, -0.25) is 4.79 Å². The van der Waals surface area contributed by atoms with Crippen molar-refractivity contribution < 1.29 is 4.84 Å². The molecule has 0 amide bonds. The van der Waals surface area contributed by atoms with Gasteiger partial charge < -0.3 is 9.74 Å².